The monoisotopic (exact) mass is 1470 g/mol. The van der Waals surface area contributed by atoms with E-state index in [0.29, 0.717) is 0 Å². The van der Waals surface area contributed by atoms with Gasteiger partial charge in [-0.15, -0.1) is 0 Å². The molecule has 0 spiro atoms. The zero-order valence-corrected chi connectivity index (χ0v) is 61.7. The molecule has 0 saturated heterocycles. The molecular formula is C64H144N4O8W2. The second kappa shape index (κ2) is 63.3. The normalized spacial score (nSPS) is 11.9. The number of quaternary nitrogens is 4. The summed E-state index contributed by atoms with van der Waals surface area (Å²) in [6.07, 6.45) is 44.2. The quantitative estimate of drug-likeness (QED) is 0.0544. The van der Waals surface area contributed by atoms with E-state index in [0.717, 1.165) is 0 Å². The second-order valence-corrected chi connectivity index (χ2v) is 29.3. The summed E-state index contributed by atoms with van der Waals surface area (Å²) < 4.78 is 74.8. The van der Waals surface area contributed by atoms with Crippen molar-refractivity contribution in [2.45, 2.75) is 316 Å². The third-order valence-electron chi connectivity index (χ3n) is 15.8. The van der Waals surface area contributed by atoms with Gasteiger partial charge in [0.05, 0.1) is 105 Å². The summed E-state index contributed by atoms with van der Waals surface area (Å²) in [6, 6.07) is 0. The maximum atomic E-state index is 8.65. The van der Waals surface area contributed by atoms with E-state index in [-0.39, 0.29) is 0 Å². The first kappa shape index (κ1) is 89.5. The number of rotatable bonds is 48. The predicted molar refractivity (Wildman–Crippen MR) is 320 cm³/mol. The summed E-state index contributed by atoms with van der Waals surface area (Å²) in [5.74, 6) is 0. The van der Waals surface area contributed by atoms with Crippen molar-refractivity contribution in [2.75, 3.05) is 105 Å². The van der Waals surface area contributed by atoms with Crippen LogP contribution in [0.3, 0.4) is 0 Å². The molecular weight excluding hydrogens is 1320 g/mol. The van der Waals surface area contributed by atoms with Crippen molar-refractivity contribution in [1.82, 2.24) is 0 Å². The van der Waals surface area contributed by atoms with Crippen LogP contribution in [-0.2, 0) is 47.1 Å². The third kappa shape index (κ3) is 67.1. The summed E-state index contributed by atoms with van der Waals surface area (Å²) >= 11 is -12.3. The molecule has 0 bridgehead atoms. The van der Waals surface area contributed by atoms with E-state index < -0.39 is 33.5 Å². The molecule has 14 heteroatoms. The fourth-order valence-electron chi connectivity index (χ4n) is 10.6. The average Bonchev–Trinajstić information content (AvgIpc) is 3.41. The molecule has 0 rings (SSSR count). The first-order valence-corrected chi connectivity index (χ1v) is 43.3. The molecule has 0 N–H and O–H groups in total. The van der Waals surface area contributed by atoms with Crippen molar-refractivity contribution < 1.29 is 80.1 Å². The molecule has 0 aliphatic heterocycles. The number of unbranched alkanes of at least 4 members (excludes halogenated alkanes) is 16. The molecule has 0 fully saturated rings. The van der Waals surface area contributed by atoms with Crippen molar-refractivity contribution in [1.29, 1.82) is 0 Å². The number of hydrogen-bond donors (Lipinski definition) is 0. The first-order chi connectivity index (χ1) is 37.0. The molecule has 0 heterocycles. The Hall–Kier alpha value is 0.257. The van der Waals surface area contributed by atoms with Crippen LogP contribution in [0.25, 0.3) is 0 Å². The Bertz CT molecular complexity index is 1030. The van der Waals surface area contributed by atoms with Crippen LogP contribution in [0.1, 0.15) is 316 Å². The minimum atomic E-state index is -6.17. The van der Waals surface area contributed by atoms with Gasteiger partial charge in [-0.05, 0) is 103 Å². The topological polar surface area (TPSA) is 161 Å². The molecule has 78 heavy (non-hydrogen) atoms. The molecule has 0 unspecified atom stereocenters. The third-order valence-corrected chi connectivity index (χ3v) is 15.8. The zero-order chi connectivity index (χ0) is 60.9. The van der Waals surface area contributed by atoms with Crippen LogP contribution in [0.15, 0.2) is 0 Å². The van der Waals surface area contributed by atoms with E-state index in [9.17, 15) is 0 Å². The van der Waals surface area contributed by atoms with Crippen LogP contribution in [0.5, 0.6) is 0 Å². The molecule has 480 valence electrons. The molecule has 0 saturated carbocycles. The Balaban J connectivity index is -0.000000209. The second-order valence-electron chi connectivity index (χ2n) is 23.4. The number of nitrogens with zero attached hydrogens (tertiary/aromatic N) is 4. The van der Waals surface area contributed by atoms with Crippen LogP contribution >= 0.6 is 0 Å². The summed E-state index contributed by atoms with van der Waals surface area (Å²) in [5.41, 5.74) is 0. The molecule has 0 radical (unpaired) electrons. The average molecular weight is 1470 g/mol. The van der Waals surface area contributed by atoms with Crippen LogP contribution in [-0.4, -0.2) is 123 Å². The van der Waals surface area contributed by atoms with Gasteiger partial charge in [0.25, 0.3) is 0 Å². The van der Waals surface area contributed by atoms with Crippen molar-refractivity contribution >= 4 is 0 Å². The number of hydrogen-bond acceptors (Lipinski definition) is 8. The molecule has 12 nitrogen and oxygen atoms in total. The van der Waals surface area contributed by atoms with Gasteiger partial charge in [0.1, 0.15) is 0 Å². The fourth-order valence-corrected chi connectivity index (χ4v) is 10.6. The molecule has 0 aromatic carbocycles. The summed E-state index contributed by atoms with van der Waals surface area (Å²) in [7, 11) is 0. The van der Waals surface area contributed by atoms with Gasteiger partial charge in [0.15, 0.2) is 0 Å². The van der Waals surface area contributed by atoms with Gasteiger partial charge in [-0.3, -0.25) is 0 Å². The van der Waals surface area contributed by atoms with Gasteiger partial charge in [-0.2, -0.15) is 0 Å². The van der Waals surface area contributed by atoms with E-state index in [1.54, 1.807) is 0 Å². The zero-order valence-electron chi connectivity index (χ0n) is 55.8. The maximum absolute atomic E-state index is 8.65. The summed E-state index contributed by atoms with van der Waals surface area (Å²) in [4.78, 5) is 0. The van der Waals surface area contributed by atoms with Crippen LogP contribution in [0.4, 0.5) is 0 Å². The molecule has 0 aromatic heterocycles. The van der Waals surface area contributed by atoms with E-state index in [1.807, 2.05) is 0 Å². The van der Waals surface area contributed by atoms with Crippen LogP contribution in [0.2, 0.25) is 0 Å². The summed E-state index contributed by atoms with van der Waals surface area (Å²) in [6.45, 7) is 60.1. The van der Waals surface area contributed by atoms with Crippen LogP contribution in [0, 0.1) is 0 Å². The molecule has 0 aromatic rings. The van der Waals surface area contributed by atoms with E-state index in [1.165, 1.54) is 328 Å². The SMILES string of the molecule is CCCC[N+](CCCC)(CCCC)CCCC.CCCC[N+](CCCC)(CCCC)CCCC.CCCC[N+](CCCC)(CCCC)CCCC.CCCC[N+](CCCC)(CCCC)CCCC.[O]=[W](=[O])([O-])[O-].[O]=[W](=[O])([O-])[O-]. The Morgan fingerprint density at radius 2 is 0.231 bits per heavy atom. The van der Waals surface area contributed by atoms with Crippen molar-refractivity contribution in [3.8, 4) is 0 Å². The Kier molecular flexibility index (Phi) is 72.6. The van der Waals surface area contributed by atoms with Crippen molar-refractivity contribution in [3.05, 3.63) is 0 Å². The van der Waals surface area contributed by atoms with Gasteiger partial charge < -0.3 is 17.9 Å². The Morgan fingerprint density at radius 3 is 0.269 bits per heavy atom. The Labute approximate surface area is 497 Å². The van der Waals surface area contributed by atoms with E-state index >= 15 is 0 Å². The van der Waals surface area contributed by atoms with Gasteiger partial charge >= 0.3 is 62.1 Å². The van der Waals surface area contributed by atoms with E-state index in [2.05, 4.69) is 111 Å². The van der Waals surface area contributed by atoms with E-state index in [4.69, 9.17) is 28.6 Å². The molecule has 0 aliphatic carbocycles. The molecule has 0 amide bonds. The van der Waals surface area contributed by atoms with Gasteiger partial charge in [-0.1, -0.05) is 214 Å². The Morgan fingerprint density at radius 1 is 0.179 bits per heavy atom. The van der Waals surface area contributed by atoms with Gasteiger partial charge in [-0.25, -0.2) is 0 Å². The summed E-state index contributed by atoms with van der Waals surface area (Å²) in [5, 5.41) is 0. The predicted octanol–water partition coefficient (Wildman–Crippen LogP) is 14.8. The van der Waals surface area contributed by atoms with Gasteiger partial charge in [0.2, 0.25) is 0 Å². The first-order valence-electron chi connectivity index (χ1n) is 33.7. The fraction of sp³-hybridized carbons (Fsp3) is 1.00. The van der Waals surface area contributed by atoms with Crippen molar-refractivity contribution in [3.63, 3.8) is 0 Å². The van der Waals surface area contributed by atoms with Crippen molar-refractivity contribution in [2.24, 2.45) is 0 Å². The molecule has 0 atom stereocenters. The molecule has 0 aliphatic rings. The van der Waals surface area contributed by atoms with Crippen LogP contribution < -0.4 is 15.0 Å². The minimum absolute atomic E-state index is 1.35. The van der Waals surface area contributed by atoms with Gasteiger partial charge in [0, 0.05) is 0 Å². The standard InChI is InChI=1S/4C16H36N.8O.2W/c4*1-5-9-13-17(14-10-6-2,15-11-7-3)16-12-8-4;;;;;;;;;;/h4*5-16H2,1-4H3;;;;;;;;;;/q4*+1;;;;;4*-1;;.